The molecule has 0 rings (SSSR count). The maximum absolute atomic E-state index is 11.4. The first-order valence-corrected chi connectivity index (χ1v) is 10.0. The minimum absolute atomic E-state index is 0.120. The van der Waals surface area contributed by atoms with Gasteiger partial charge in [0.15, 0.2) is 0 Å². The second-order valence-corrected chi connectivity index (χ2v) is 6.69. The van der Waals surface area contributed by atoms with Crippen LogP contribution in [0.1, 0.15) is 71.1 Å². The van der Waals surface area contributed by atoms with Crippen LogP contribution in [0.3, 0.4) is 0 Å². The molecule has 0 aliphatic heterocycles. The summed E-state index contributed by atoms with van der Waals surface area (Å²) in [5.41, 5.74) is 0.344. The van der Waals surface area contributed by atoms with E-state index in [9.17, 15) is 9.59 Å². The van der Waals surface area contributed by atoms with E-state index in [0.717, 1.165) is 18.6 Å². The lowest BCUT2D eigenvalue weighted by Crippen LogP contribution is -2.29. The van der Waals surface area contributed by atoms with E-state index in [0.29, 0.717) is 12.2 Å². The van der Waals surface area contributed by atoms with Crippen LogP contribution in [0.15, 0.2) is 12.2 Å². The summed E-state index contributed by atoms with van der Waals surface area (Å²) in [7, 11) is 0. The Labute approximate surface area is 158 Å². The van der Waals surface area contributed by atoms with Crippen LogP contribution in [0.25, 0.3) is 0 Å². The monoisotopic (exact) mass is 373 g/mol. The highest BCUT2D eigenvalue weighted by molar-refractivity contribution is 7.80. The van der Waals surface area contributed by atoms with Crippen molar-refractivity contribution < 1.29 is 19.1 Å². The Balaban J connectivity index is 3.24. The predicted octanol–water partition coefficient (Wildman–Crippen LogP) is 4.66. The van der Waals surface area contributed by atoms with E-state index in [1.165, 1.54) is 51.4 Å². The van der Waals surface area contributed by atoms with Crippen molar-refractivity contribution in [2.24, 2.45) is 0 Å². The molecule has 0 unspecified atom stereocenters. The van der Waals surface area contributed by atoms with E-state index >= 15 is 0 Å². The molecule has 0 aromatic heterocycles. The summed E-state index contributed by atoms with van der Waals surface area (Å²) in [6, 6.07) is 0. The largest absolute Gasteiger partial charge is 0.460 e. The molecule has 0 aliphatic carbocycles. The van der Waals surface area contributed by atoms with Gasteiger partial charge in [-0.2, -0.15) is 12.6 Å². The van der Waals surface area contributed by atoms with Crippen LogP contribution in [0, 0.1) is 0 Å². The fraction of sp³-hybridized carbons (Fsp3) is 0.789. The van der Waals surface area contributed by atoms with Gasteiger partial charge in [0, 0.05) is 5.57 Å². The fourth-order valence-electron chi connectivity index (χ4n) is 2.26. The van der Waals surface area contributed by atoms with Crippen LogP contribution < -0.4 is 5.32 Å². The number of rotatable bonds is 16. The molecule has 0 aliphatic rings. The number of nitrogens with one attached hydrogen (secondary N) is 1. The number of carbonyl (C=O) groups is 2. The molecular formula is C19H35NO4S. The summed E-state index contributed by atoms with van der Waals surface area (Å²) < 4.78 is 9.92. The topological polar surface area (TPSA) is 64.6 Å². The van der Waals surface area contributed by atoms with Gasteiger partial charge in [0.25, 0.3) is 0 Å². The predicted molar refractivity (Wildman–Crippen MR) is 105 cm³/mol. The van der Waals surface area contributed by atoms with E-state index in [1.807, 2.05) is 0 Å². The SMILES string of the molecule is C=C(C)C(=O)OCCNC(=O)OCCCCCCCCCCCCS. The number of hydrogen-bond donors (Lipinski definition) is 2. The second kappa shape index (κ2) is 17.6. The molecule has 0 saturated heterocycles. The summed E-state index contributed by atoms with van der Waals surface area (Å²) in [6.07, 6.45) is 11.8. The van der Waals surface area contributed by atoms with Gasteiger partial charge in [-0.05, 0) is 25.5 Å². The Hall–Kier alpha value is -1.17. The van der Waals surface area contributed by atoms with Crippen LogP contribution in [-0.2, 0) is 14.3 Å². The molecule has 5 nitrogen and oxygen atoms in total. The van der Waals surface area contributed by atoms with Crippen molar-refractivity contribution in [3.05, 3.63) is 12.2 Å². The van der Waals surface area contributed by atoms with Crippen LogP contribution in [0.5, 0.6) is 0 Å². The van der Waals surface area contributed by atoms with Crippen molar-refractivity contribution in [1.29, 1.82) is 0 Å². The number of ether oxygens (including phenoxy) is 2. The van der Waals surface area contributed by atoms with Gasteiger partial charge in [-0.15, -0.1) is 0 Å². The molecule has 25 heavy (non-hydrogen) atoms. The quantitative estimate of drug-likeness (QED) is 0.179. The molecule has 1 N–H and O–H groups in total. The third-order valence-corrected chi connectivity index (χ3v) is 4.05. The van der Waals surface area contributed by atoms with Crippen molar-refractivity contribution in [3.8, 4) is 0 Å². The maximum Gasteiger partial charge on any atom is 0.407 e. The molecule has 0 radical (unpaired) electrons. The number of carbonyl (C=O) groups excluding carboxylic acids is 2. The van der Waals surface area contributed by atoms with Gasteiger partial charge in [-0.1, -0.05) is 57.9 Å². The average molecular weight is 374 g/mol. The van der Waals surface area contributed by atoms with Crippen molar-refractivity contribution in [2.45, 2.75) is 71.1 Å². The zero-order valence-electron chi connectivity index (χ0n) is 15.7. The van der Waals surface area contributed by atoms with Gasteiger partial charge in [0.2, 0.25) is 0 Å². The molecule has 1 amide bonds. The minimum atomic E-state index is -0.465. The summed E-state index contributed by atoms with van der Waals surface area (Å²) in [5, 5.41) is 2.54. The van der Waals surface area contributed by atoms with Gasteiger partial charge >= 0.3 is 12.1 Å². The van der Waals surface area contributed by atoms with E-state index < -0.39 is 12.1 Å². The average Bonchev–Trinajstić information content (AvgIpc) is 2.59. The number of unbranched alkanes of at least 4 members (excludes halogenated alkanes) is 9. The number of hydrogen-bond acceptors (Lipinski definition) is 5. The first kappa shape index (κ1) is 23.8. The molecule has 0 spiro atoms. The van der Waals surface area contributed by atoms with Crippen molar-refractivity contribution >= 4 is 24.7 Å². The third kappa shape index (κ3) is 17.4. The van der Waals surface area contributed by atoms with Crippen molar-refractivity contribution in [1.82, 2.24) is 5.32 Å². The minimum Gasteiger partial charge on any atom is -0.460 e. The summed E-state index contributed by atoms with van der Waals surface area (Å²) in [6.45, 7) is 5.85. The standard InChI is InChI=1S/C19H35NO4S/c1-17(2)18(21)23-15-13-20-19(22)24-14-11-9-7-5-3-4-6-8-10-12-16-25/h25H,1,3-16H2,2H3,(H,20,22). The van der Waals surface area contributed by atoms with E-state index in [1.54, 1.807) is 6.92 Å². The zero-order chi connectivity index (χ0) is 18.8. The number of esters is 1. The van der Waals surface area contributed by atoms with Crippen molar-refractivity contribution in [3.63, 3.8) is 0 Å². The van der Waals surface area contributed by atoms with Crippen LogP contribution >= 0.6 is 12.6 Å². The molecule has 146 valence electrons. The van der Waals surface area contributed by atoms with Gasteiger partial charge in [0.1, 0.15) is 6.61 Å². The van der Waals surface area contributed by atoms with Gasteiger partial charge in [0.05, 0.1) is 13.2 Å². The highest BCUT2D eigenvalue weighted by atomic mass is 32.1. The molecule has 0 bridgehead atoms. The highest BCUT2D eigenvalue weighted by Gasteiger charge is 2.04. The third-order valence-electron chi connectivity index (χ3n) is 3.74. The van der Waals surface area contributed by atoms with Crippen LogP contribution in [0.4, 0.5) is 4.79 Å². The van der Waals surface area contributed by atoms with Gasteiger partial charge < -0.3 is 14.8 Å². The Kier molecular flexibility index (Phi) is 16.8. The van der Waals surface area contributed by atoms with Crippen LogP contribution in [0.2, 0.25) is 0 Å². The normalized spacial score (nSPS) is 10.3. The van der Waals surface area contributed by atoms with Gasteiger partial charge in [-0.25, -0.2) is 9.59 Å². The smallest absolute Gasteiger partial charge is 0.407 e. The first-order chi connectivity index (χ1) is 12.1. The molecule has 0 aromatic carbocycles. The molecule has 6 heteroatoms. The Bertz CT molecular complexity index is 374. The lowest BCUT2D eigenvalue weighted by atomic mass is 10.1. The second-order valence-electron chi connectivity index (χ2n) is 6.24. The lowest BCUT2D eigenvalue weighted by Gasteiger charge is -2.08. The number of amides is 1. The van der Waals surface area contributed by atoms with Crippen LogP contribution in [-0.4, -0.2) is 37.6 Å². The Morgan fingerprint density at radius 1 is 0.840 bits per heavy atom. The zero-order valence-corrected chi connectivity index (χ0v) is 16.6. The Morgan fingerprint density at radius 2 is 1.36 bits per heavy atom. The number of alkyl carbamates (subject to hydrolysis) is 1. The molecule has 0 aromatic rings. The van der Waals surface area contributed by atoms with Crippen molar-refractivity contribution in [2.75, 3.05) is 25.5 Å². The first-order valence-electron chi connectivity index (χ1n) is 9.42. The van der Waals surface area contributed by atoms with E-state index in [2.05, 4.69) is 24.5 Å². The lowest BCUT2D eigenvalue weighted by molar-refractivity contribution is -0.138. The summed E-state index contributed by atoms with van der Waals surface area (Å²) >= 11 is 4.21. The summed E-state index contributed by atoms with van der Waals surface area (Å²) in [4.78, 5) is 22.5. The highest BCUT2D eigenvalue weighted by Crippen LogP contribution is 2.10. The molecular weight excluding hydrogens is 338 g/mol. The summed E-state index contributed by atoms with van der Waals surface area (Å²) in [5.74, 6) is 0.551. The molecule has 0 saturated carbocycles. The maximum atomic E-state index is 11.4. The molecule has 0 atom stereocenters. The van der Waals surface area contributed by atoms with E-state index in [4.69, 9.17) is 9.47 Å². The Morgan fingerprint density at radius 3 is 1.88 bits per heavy atom. The number of thiol groups is 1. The fourth-order valence-corrected chi connectivity index (χ4v) is 2.49. The molecule has 0 fully saturated rings. The van der Waals surface area contributed by atoms with Gasteiger partial charge in [-0.3, -0.25) is 0 Å². The molecule has 0 heterocycles. The van der Waals surface area contributed by atoms with E-state index in [-0.39, 0.29) is 13.2 Å².